The summed E-state index contributed by atoms with van der Waals surface area (Å²) in [7, 11) is 0. The van der Waals surface area contributed by atoms with E-state index in [9.17, 15) is 19.5 Å². The van der Waals surface area contributed by atoms with E-state index in [0.717, 1.165) is 0 Å². The fourth-order valence-electron chi connectivity index (χ4n) is 2.58. The van der Waals surface area contributed by atoms with Gasteiger partial charge in [0.1, 0.15) is 0 Å². The predicted molar refractivity (Wildman–Crippen MR) is 84.0 cm³/mol. The van der Waals surface area contributed by atoms with Crippen molar-refractivity contribution in [1.82, 2.24) is 0 Å². The highest BCUT2D eigenvalue weighted by Gasteiger charge is 2.34. The predicted octanol–water partition coefficient (Wildman–Crippen LogP) is 2.47. The third-order valence-corrected chi connectivity index (χ3v) is 3.77. The van der Waals surface area contributed by atoms with Gasteiger partial charge in [-0.3, -0.25) is 9.59 Å². The summed E-state index contributed by atoms with van der Waals surface area (Å²) in [6.45, 7) is 1.93. The van der Waals surface area contributed by atoms with Gasteiger partial charge in [-0.05, 0) is 31.9 Å². The number of benzene rings is 1. The lowest BCUT2D eigenvalue weighted by Crippen LogP contribution is -2.35. The van der Waals surface area contributed by atoms with Crippen LogP contribution in [0.4, 0.5) is 5.69 Å². The van der Waals surface area contributed by atoms with Crippen LogP contribution < -0.4 is 5.32 Å². The van der Waals surface area contributed by atoms with Gasteiger partial charge in [0, 0.05) is 0 Å². The molecule has 2 rings (SSSR count). The summed E-state index contributed by atoms with van der Waals surface area (Å²) < 4.78 is 4.96. The Balaban J connectivity index is 2.18. The van der Waals surface area contributed by atoms with Crippen molar-refractivity contribution in [2.45, 2.75) is 19.8 Å². The maximum absolute atomic E-state index is 12.5. The monoisotopic (exact) mass is 317 g/mol. The summed E-state index contributed by atoms with van der Waals surface area (Å²) in [4.78, 5) is 35.7. The van der Waals surface area contributed by atoms with Gasteiger partial charge in [-0.15, -0.1) is 0 Å². The van der Waals surface area contributed by atoms with Crippen LogP contribution in [0.1, 0.15) is 30.1 Å². The van der Waals surface area contributed by atoms with E-state index in [2.05, 4.69) is 5.32 Å². The van der Waals surface area contributed by atoms with Crippen LogP contribution in [0, 0.1) is 11.8 Å². The average Bonchev–Trinajstić information content (AvgIpc) is 2.55. The van der Waals surface area contributed by atoms with E-state index < -0.39 is 29.7 Å². The second-order valence-electron chi connectivity index (χ2n) is 5.25. The minimum Gasteiger partial charge on any atom is -0.481 e. The molecule has 2 atom stereocenters. The summed E-state index contributed by atoms with van der Waals surface area (Å²) in [5.41, 5.74) is 0.579. The molecule has 23 heavy (non-hydrogen) atoms. The first-order valence-electron chi connectivity index (χ1n) is 7.49. The van der Waals surface area contributed by atoms with Crippen molar-refractivity contribution in [3.05, 3.63) is 42.0 Å². The van der Waals surface area contributed by atoms with Crippen molar-refractivity contribution in [1.29, 1.82) is 0 Å². The van der Waals surface area contributed by atoms with Crippen molar-refractivity contribution in [3.63, 3.8) is 0 Å². The number of hydrogen-bond donors (Lipinski definition) is 2. The van der Waals surface area contributed by atoms with Gasteiger partial charge in [-0.2, -0.15) is 0 Å². The summed E-state index contributed by atoms with van der Waals surface area (Å²) in [6, 6.07) is 6.51. The van der Waals surface area contributed by atoms with E-state index in [4.69, 9.17) is 4.74 Å². The second-order valence-corrected chi connectivity index (χ2v) is 5.25. The number of carbonyl (C=O) groups is 3. The molecule has 0 heterocycles. The number of allylic oxidation sites excluding steroid dienone is 2. The fourth-order valence-corrected chi connectivity index (χ4v) is 2.58. The molecule has 0 fully saturated rings. The Labute approximate surface area is 134 Å². The highest BCUT2D eigenvalue weighted by atomic mass is 16.5. The van der Waals surface area contributed by atoms with Gasteiger partial charge in [-0.1, -0.05) is 24.3 Å². The average molecular weight is 317 g/mol. The molecule has 0 bridgehead atoms. The van der Waals surface area contributed by atoms with E-state index >= 15 is 0 Å². The number of carboxylic acids is 1. The molecule has 1 aromatic carbocycles. The first kappa shape index (κ1) is 16.7. The number of para-hydroxylation sites is 1. The van der Waals surface area contributed by atoms with Crippen molar-refractivity contribution in [3.8, 4) is 0 Å². The lowest BCUT2D eigenvalue weighted by molar-refractivity contribution is -0.146. The Morgan fingerprint density at radius 1 is 1.17 bits per heavy atom. The van der Waals surface area contributed by atoms with Crippen LogP contribution in [0.2, 0.25) is 0 Å². The highest BCUT2D eigenvalue weighted by molar-refractivity contribution is 6.02. The minimum atomic E-state index is -0.992. The Hall–Kier alpha value is -2.63. The van der Waals surface area contributed by atoms with Gasteiger partial charge in [0.2, 0.25) is 5.91 Å². The summed E-state index contributed by atoms with van der Waals surface area (Å²) in [5.74, 6) is -3.34. The minimum absolute atomic E-state index is 0.232. The van der Waals surface area contributed by atoms with Crippen LogP contribution in [0.25, 0.3) is 0 Å². The standard InChI is InChI=1S/C17H19NO5/c1-2-23-17(22)13-9-5-6-10-14(13)18-15(19)11-7-3-4-8-12(11)16(20)21/h3-6,9-12H,2,7-8H2,1H3,(H,18,19)(H,20,21)/t11-,12-/m0/s1. The van der Waals surface area contributed by atoms with Gasteiger partial charge in [-0.25, -0.2) is 4.79 Å². The van der Waals surface area contributed by atoms with Crippen molar-refractivity contribution in [2.75, 3.05) is 11.9 Å². The molecule has 1 aliphatic rings. The summed E-state index contributed by atoms with van der Waals surface area (Å²) in [5, 5.41) is 11.9. The fraction of sp³-hybridized carbons (Fsp3) is 0.353. The van der Waals surface area contributed by atoms with Crippen LogP contribution >= 0.6 is 0 Å². The Morgan fingerprint density at radius 2 is 1.83 bits per heavy atom. The van der Waals surface area contributed by atoms with Gasteiger partial charge in [0.25, 0.3) is 0 Å². The maximum atomic E-state index is 12.5. The van der Waals surface area contributed by atoms with Gasteiger partial charge < -0.3 is 15.2 Å². The number of nitrogens with one attached hydrogen (secondary N) is 1. The van der Waals surface area contributed by atoms with Crippen molar-refractivity contribution >= 4 is 23.5 Å². The van der Waals surface area contributed by atoms with Crippen LogP contribution in [0.3, 0.4) is 0 Å². The molecule has 1 aliphatic carbocycles. The lowest BCUT2D eigenvalue weighted by atomic mass is 9.82. The number of rotatable bonds is 5. The second kappa shape index (κ2) is 7.58. The van der Waals surface area contributed by atoms with Crippen molar-refractivity contribution < 1.29 is 24.2 Å². The van der Waals surface area contributed by atoms with Gasteiger partial charge in [0.05, 0.1) is 29.7 Å². The molecule has 0 saturated carbocycles. The molecule has 0 radical (unpaired) electrons. The van der Waals surface area contributed by atoms with E-state index in [1.54, 1.807) is 43.3 Å². The molecular weight excluding hydrogens is 298 g/mol. The molecule has 6 nitrogen and oxygen atoms in total. The molecule has 0 spiro atoms. The molecule has 0 saturated heterocycles. The highest BCUT2D eigenvalue weighted by Crippen LogP contribution is 2.28. The first-order chi connectivity index (χ1) is 11.0. The number of amides is 1. The van der Waals surface area contributed by atoms with Crippen LogP contribution in [-0.2, 0) is 14.3 Å². The number of carboxylic acid groups (broad SMARTS) is 1. The quantitative estimate of drug-likeness (QED) is 0.643. The maximum Gasteiger partial charge on any atom is 0.340 e. The molecule has 6 heteroatoms. The molecular formula is C17H19NO5. The topological polar surface area (TPSA) is 92.7 Å². The SMILES string of the molecule is CCOC(=O)c1ccccc1NC(=O)[C@H]1CC=CC[C@@H]1C(=O)O. The number of anilines is 1. The molecule has 1 aromatic rings. The summed E-state index contributed by atoms with van der Waals surface area (Å²) >= 11 is 0. The normalized spacial score (nSPS) is 19.9. The number of esters is 1. The smallest absolute Gasteiger partial charge is 0.340 e. The number of ether oxygens (including phenoxy) is 1. The van der Waals surface area contributed by atoms with E-state index in [1.165, 1.54) is 0 Å². The molecule has 2 N–H and O–H groups in total. The summed E-state index contributed by atoms with van der Waals surface area (Å²) in [6.07, 6.45) is 4.27. The largest absolute Gasteiger partial charge is 0.481 e. The van der Waals surface area contributed by atoms with E-state index in [-0.39, 0.29) is 12.2 Å². The Morgan fingerprint density at radius 3 is 2.48 bits per heavy atom. The number of hydrogen-bond acceptors (Lipinski definition) is 4. The zero-order valence-electron chi connectivity index (χ0n) is 12.8. The third kappa shape index (κ3) is 3.97. The van der Waals surface area contributed by atoms with E-state index in [1.807, 2.05) is 0 Å². The first-order valence-corrected chi connectivity index (χ1v) is 7.49. The van der Waals surface area contributed by atoms with E-state index in [0.29, 0.717) is 18.5 Å². The van der Waals surface area contributed by atoms with Crippen LogP contribution in [0.15, 0.2) is 36.4 Å². The molecule has 0 unspecified atom stereocenters. The molecule has 0 aromatic heterocycles. The lowest BCUT2D eigenvalue weighted by Gasteiger charge is -2.24. The Bertz CT molecular complexity index is 638. The van der Waals surface area contributed by atoms with Crippen LogP contribution in [-0.4, -0.2) is 29.6 Å². The molecule has 1 amide bonds. The van der Waals surface area contributed by atoms with Gasteiger partial charge >= 0.3 is 11.9 Å². The third-order valence-electron chi connectivity index (χ3n) is 3.77. The van der Waals surface area contributed by atoms with Crippen molar-refractivity contribution in [2.24, 2.45) is 11.8 Å². The zero-order chi connectivity index (χ0) is 16.8. The van der Waals surface area contributed by atoms with Gasteiger partial charge in [0.15, 0.2) is 0 Å². The van der Waals surface area contributed by atoms with Crippen LogP contribution in [0.5, 0.6) is 0 Å². The molecule has 0 aliphatic heterocycles. The number of aliphatic carboxylic acids is 1. The number of carbonyl (C=O) groups excluding carboxylic acids is 2. The zero-order valence-corrected chi connectivity index (χ0v) is 12.8. The molecule has 122 valence electrons. The Kier molecular flexibility index (Phi) is 5.51.